The molecule has 0 spiro atoms. The molecule has 1 aliphatic carbocycles. The monoisotopic (exact) mass is 366 g/mol. The zero-order valence-electron chi connectivity index (χ0n) is 15.1. The van der Waals surface area contributed by atoms with Crippen molar-refractivity contribution in [3.05, 3.63) is 30.0 Å². The van der Waals surface area contributed by atoms with Crippen LogP contribution in [0.2, 0.25) is 0 Å². The fraction of sp³-hybridized carbons (Fsp3) is 0.450. The van der Waals surface area contributed by atoms with Crippen molar-refractivity contribution in [3.63, 3.8) is 0 Å². The number of nitrogens with zero attached hydrogens (tertiary/aromatic N) is 4. The Morgan fingerprint density at radius 2 is 1.74 bits per heavy atom. The van der Waals surface area contributed by atoms with E-state index >= 15 is 0 Å². The molecule has 7 heteroatoms. The Morgan fingerprint density at radius 1 is 1.00 bits per heavy atom. The maximum Gasteiger partial charge on any atom is 0.227 e. The minimum Gasteiger partial charge on any atom is -0.508 e. The number of aromatic nitrogens is 3. The normalized spacial score (nSPS) is 18.4. The highest BCUT2D eigenvalue weighted by Crippen LogP contribution is 2.39. The SMILES string of the molecule is Oc1ccc(-c2nc(N3CCOCC3)c3onc(C4CCCC4)c3n2)cc1. The molecule has 7 nitrogen and oxygen atoms in total. The van der Waals surface area contributed by atoms with E-state index in [2.05, 4.69) is 10.1 Å². The van der Waals surface area contributed by atoms with E-state index in [0.717, 1.165) is 48.5 Å². The molecule has 2 aliphatic rings. The van der Waals surface area contributed by atoms with Crippen molar-refractivity contribution in [1.82, 2.24) is 15.1 Å². The first-order chi connectivity index (χ1) is 13.3. The van der Waals surface area contributed by atoms with E-state index in [0.29, 0.717) is 30.5 Å². The summed E-state index contributed by atoms with van der Waals surface area (Å²) in [4.78, 5) is 11.8. The van der Waals surface area contributed by atoms with E-state index < -0.39 is 0 Å². The van der Waals surface area contributed by atoms with Crippen molar-refractivity contribution >= 4 is 16.9 Å². The highest BCUT2D eigenvalue weighted by Gasteiger charge is 2.28. The topological polar surface area (TPSA) is 84.5 Å². The van der Waals surface area contributed by atoms with Crippen LogP contribution in [-0.4, -0.2) is 46.5 Å². The molecule has 5 rings (SSSR count). The molecule has 1 saturated heterocycles. The van der Waals surface area contributed by atoms with Gasteiger partial charge in [0.05, 0.1) is 13.2 Å². The first kappa shape index (κ1) is 16.5. The van der Waals surface area contributed by atoms with Crippen molar-refractivity contribution in [3.8, 4) is 17.1 Å². The Kier molecular flexibility index (Phi) is 4.16. The summed E-state index contributed by atoms with van der Waals surface area (Å²) in [6.07, 6.45) is 4.72. The minimum absolute atomic E-state index is 0.227. The van der Waals surface area contributed by atoms with Crippen LogP contribution in [0, 0.1) is 0 Å². The predicted octanol–water partition coefficient (Wildman–Crippen LogP) is 3.48. The van der Waals surface area contributed by atoms with E-state index in [-0.39, 0.29) is 5.75 Å². The summed E-state index contributed by atoms with van der Waals surface area (Å²) in [7, 11) is 0. The van der Waals surface area contributed by atoms with Crippen LogP contribution in [-0.2, 0) is 4.74 Å². The van der Waals surface area contributed by atoms with Gasteiger partial charge in [-0.05, 0) is 37.1 Å². The van der Waals surface area contributed by atoms with Crippen LogP contribution in [0.25, 0.3) is 22.5 Å². The second-order valence-electron chi connectivity index (χ2n) is 7.24. The Balaban J connectivity index is 1.67. The number of hydrogen-bond acceptors (Lipinski definition) is 7. The summed E-state index contributed by atoms with van der Waals surface area (Å²) < 4.78 is 11.2. The van der Waals surface area contributed by atoms with E-state index in [9.17, 15) is 5.11 Å². The van der Waals surface area contributed by atoms with Gasteiger partial charge in [0.2, 0.25) is 5.58 Å². The number of hydrogen-bond donors (Lipinski definition) is 1. The molecule has 0 unspecified atom stereocenters. The summed E-state index contributed by atoms with van der Waals surface area (Å²) in [5.74, 6) is 2.05. The third-order valence-corrected chi connectivity index (χ3v) is 5.50. The van der Waals surface area contributed by atoms with Crippen molar-refractivity contribution in [1.29, 1.82) is 0 Å². The standard InChI is InChI=1S/C20H22N4O3/c25-15-7-5-14(6-8-15)19-21-17-16(13-3-1-2-4-13)23-27-18(17)20(22-19)24-9-11-26-12-10-24/h5-8,13,25H,1-4,9-12H2. The lowest BCUT2D eigenvalue weighted by molar-refractivity contribution is 0.122. The molecule has 0 atom stereocenters. The zero-order valence-corrected chi connectivity index (χ0v) is 15.1. The predicted molar refractivity (Wildman–Crippen MR) is 101 cm³/mol. The van der Waals surface area contributed by atoms with Gasteiger partial charge in [-0.15, -0.1) is 0 Å². The van der Waals surface area contributed by atoms with Crippen molar-refractivity contribution in [2.24, 2.45) is 0 Å². The summed E-state index contributed by atoms with van der Waals surface area (Å²) >= 11 is 0. The number of phenolic OH excluding ortho intramolecular Hbond substituents is 1. The molecule has 0 radical (unpaired) electrons. The van der Waals surface area contributed by atoms with Gasteiger partial charge in [-0.2, -0.15) is 0 Å². The second kappa shape index (κ2) is 6.81. The van der Waals surface area contributed by atoms with Crippen LogP contribution >= 0.6 is 0 Å². The average Bonchev–Trinajstić information content (AvgIpc) is 3.38. The number of anilines is 1. The first-order valence-electron chi connectivity index (χ1n) is 9.59. The molecular weight excluding hydrogens is 344 g/mol. The molecule has 1 aromatic carbocycles. The van der Waals surface area contributed by atoms with Crippen LogP contribution in [0.4, 0.5) is 5.82 Å². The van der Waals surface area contributed by atoms with Gasteiger partial charge in [0.25, 0.3) is 0 Å². The molecular formula is C20H22N4O3. The van der Waals surface area contributed by atoms with Gasteiger partial charge >= 0.3 is 0 Å². The van der Waals surface area contributed by atoms with Crippen LogP contribution in [0.5, 0.6) is 5.75 Å². The van der Waals surface area contributed by atoms with Gasteiger partial charge in [-0.3, -0.25) is 0 Å². The lowest BCUT2D eigenvalue weighted by Crippen LogP contribution is -2.37. The number of morpholine rings is 1. The van der Waals surface area contributed by atoms with Gasteiger partial charge in [0, 0.05) is 24.6 Å². The van der Waals surface area contributed by atoms with Gasteiger partial charge in [-0.1, -0.05) is 18.0 Å². The molecule has 1 saturated carbocycles. The maximum atomic E-state index is 9.60. The number of phenols is 1. The summed E-state index contributed by atoms with van der Waals surface area (Å²) in [5, 5.41) is 14.0. The van der Waals surface area contributed by atoms with Crippen LogP contribution < -0.4 is 4.90 Å². The largest absolute Gasteiger partial charge is 0.508 e. The lowest BCUT2D eigenvalue weighted by Gasteiger charge is -2.27. The van der Waals surface area contributed by atoms with Crippen LogP contribution in [0.15, 0.2) is 28.8 Å². The van der Waals surface area contributed by atoms with Crippen LogP contribution in [0.3, 0.4) is 0 Å². The molecule has 3 aromatic rings. The summed E-state index contributed by atoms with van der Waals surface area (Å²) in [6.45, 7) is 2.87. The number of fused-ring (bicyclic) bond motifs is 1. The van der Waals surface area contributed by atoms with E-state index in [4.69, 9.17) is 19.2 Å². The van der Waals surface area contributed by atoms with E-state index in [1.54, 1.807) is 12.1 Å². The summed E-state index contributed by atoms with van der Waals surface area (Å²) in [6, 6.07) is 6.98. The molecule has 2 aromatic heterocycles. The van der Waals surface area contributed by atoms with E-state index in [1.165, 1.54) is 12.8 Å². The molecule has 140 valence electrons. The fourth-order valence-electron chi connectivity index (χ4n) is 4.03. The summed E-state index contributed by atoms with van der Waals surface area (Å²) in [5.41, 5.74) is 3.31. The Bertz CT molecular complexity index is 942. The number of ether oxygens (including phenoxy) is 1. The second-order valence-corrected chi connectivity index (χ2v) is 7.24. The average molecular weight is 366 g/mol. The van der Waals surface area contributed by atoms with Crippen molar-refractivity contribution in [2.75, 3.05) is 31.2 Å². The zero-order chi connectivity index (χ0) is 18.2. The quantitative estimate of drug-likeness (QED) is 0.759. The molecule has 2 fully saturated rings. The number of benzene rings is 1. The minimum atomic E-state index is 0.227. The number of rotatable bonds is 3. The van der Waals surface area contributed by atoms with Gasteiger partial charge in [0.1, 0.15) is 17.0 Å². The molecule has 0 amide bonds. The molecule has 0 bridgehead atoms. The fourth-order valence-corrected chi connectivity index (χ4v) is 4.03. The Morgan fingerprint density at radius 3 is 2.48 bits per heavy atom. The third kappa shape index (κ3) is 3.02. The van der Waals surface area contributed by atoms with Gasteiger partial charge < -0.3 is 19.3 Å². The smallest absolute Gasteiger partial charge is 0.227 e. The maximum absolute atomic E-state index is 9.60. The van der Waals surface area contributed by atoms with E-state index in [1.807, 2.05) is 12.1 Å². The van der Waals surface area contributed by atoms with Crippen LogP contribution in [0.1, 0.15) is 37.3 Å². The van der Waals surface area contributed by atoms with Gasteiger partial charge in [-0.25, -0.2) is 9.97 Å². The number of aromatic hydroxyl groups is 1. The highest BCUT2D eigenvalue weighted by atomic mass is 16.5. The molecule has 1 aliphatic heterocycles. The Hall–Kier alpha value is -2.67. The molecule has 1 N–H and O–H groups in total. The molecule has 3 heterocycles. The van der Waals surface area contributed by atoms with Crippen molar-refractivity contribution in [2.45, 2.75) is 31.6 Å². The lowest BCUT2D eigenvalue weighted by atomic mass is 10.0. The molecule has 27 heavy (non-hydrogen) atoms. The third-order valence-electron chi connectivity index (χ3n) is 5.50. The first-order valence-corrected chi connectivity index (χ1v) is 9.59. The highest BCUT2D eigenvalue weighted by molar-refractivity contribution is 5.88. The van der Waals surface area contributed by atoms with Gasteiger partial charge in [0.15, 0.2) is 11.6 Å². The van der Waals surface area contributed by atoms with Crippen molar-refractivity contribution < 1.29 is 14.4 Å². The Labute approximate surface area is 157 Å².